The molecule has 0 unspecified atom stereocenters. The number of hydrogen-bond donors (Lipinski definition) is 1. The third kappa shape index (κ3) is 1.43. The van der Waals surface area contributed by atoms with Crippen molar-refractivity contribution >= 4 is 5.97 Å². The second kappa shape index (κ2) is 3.60. The van der Waals surface area contributed by atoms with Crippen LogP contribution in [0.25, 0.3) is 0 Å². The number of hydrogen-bond acceptors (Lipinski definition) is 3. The minimum atomic E-state index is -0.620. The number of aliphatic hydroxyl groups excluding tert-OH is 1. The van der Waals surface area contributed by atoms with Crippen LogP contribution >= 0.6 is 0 Å². The van der Waals surface area contributed by atoms with Crippen LogP contribution in [-0.4, -0.2) is 23.8 Å². The molecule has 0 aromatic rings. The molecule has 1 saturated carbocycles. The Kier molecular flexibility index (Phi) is 2.44. The fourth-order valence-electron chi connectivity index (χ4n) is 4.63. The molecule has 1 aliphatic heterocycles. The van der Waals surface area contributed by atoms with Crippen molar-refractivity contribution in [1.29, 1.82) is 0 Å². The molecule has 0 aromatic carbocycles. The van der Waals surface area contributed by atoms with Crippen LogP contribution in [0, 0.1) is 16.7 Å². The van der Waals surface area contributed by atoms with Gasteiger partial charge in [0.1, 0.15) is 6.61 Å². The van der Waals surface area contributed by atoms with Crippen molar-refractivity contribution in [3.8, 4) is 0 Å². The van der Waals surface area contributed by atoms with Gasteiger partial charge < -0.3 is 9.84 Å². The summed E-state index contributed by atoms with van der Waals surface area (Å²) in [6, 6.07) is 0. The maximum absolute atomic E-state index is 11.8. The maximum atomic E-state index is 11.8. The summed E-state index contributed by atoms with van der Waals surface area (Å²) in [5.74, 6) is 0.155. The predicted molar refractivity (Wildman–Crippen MR) is 67.8 cm³/mol. The highest BCUT2D eigenvalue weighted by Gasteiger charge is 2.55. The highest BCUT2D eigenvalue weighted by atomic mass is 16.5. The van der Waals surface area contributed by atoms with Crippen molar-refractivity contribution in [1.82, 2.24) is 0 Å². The Labute approximate surface area is 108 Å². The zero-order valence-corrected chi connectivity index (χ0v) is 11.5. The lowest BCUT2D eigenvalue weighted by atomic mass is 9.50. The van der Waals surface area contributed by atoms with Crippen molar-refractivity contribution in [2.24, 2.45) is 16.7 Å². The summed E-state index contributed by atoms with van der Waals surface area (Å²) in [6.07, 6.45) is 3.60. The normalized spacial score (nSPS) is 42.3. The Morgan fingerprint density at radius 1 is 1.28 bits per heavy atom. The summed E-state index contributed by atoms with van der Waals surface area (Å²) in [4.78, 5) is 11.8. The summed E-state index contributed by atoms with van der Waals surface area (Å²) >= 11 is 0. The van der Waals surface area contributed by atoms with Crippen molar-refractivity contribution < 1.29 is 14.6 Å². The van der Waals surface area contributed by atoms with E-state index in [-0.39, 0.29) is 16.8 Å². The van der Waals surface area contributed by atoms with E-state index in [2.05, 4.69) is 20.8 Å². The first-order valence-electron chi connectivity index (χ1n) is 6.95. The average Bonchev–Trinajstić information content (AvgIpc) is 2.66. The number of rotatable bonds is 0. The van der Waals surface area contributed by atoms with Crippen molar-refractivity contribution in [3.63, 3.8) is 0 Å². The van der Waals surface area contributed by atoms with Crippen LogP contribution in [0.4, 0.5) is 0 Å². The van der Waals surface area contributed by atoms with E-state index >= 15 is 0 Å². The summed E-state index contributed by atoms with van der Waals surface area (Å²) in [5.41, 5.74) is 1.94. The van der Waals surface area contributed by atoms with Gasteiger partial charge in [-0.25, -0.2) is 4.79 Å². The Morgan fingerprint density at radius 2 is 2.00 bits per heavy atom. The molecule has 0 bridgehead atoms. The first-order chi connectivity index (χ1) is 8.36. The van der Waals surface area contributed by atoms with Crippen molar-refractivity contribution in [2.75, 3.05) is 6.61 Å². The molecular formula is C15H22O3. The molecule has 3 atom stereocenters. The molecule has 2 aliphatic carbocycles. The van der Waals surface area contributed by atoms with Gasteiger partial charge >= 0.3 is 5.97 Å². The molecule has 1 N–H and O–H groups in total. The predicted octanol–water partition coefficient (Wildman–Crippen LogP) is 2.44. The third-order valence-corrected chi connectivity index (χ3v) is 5.60. The molecule has 0 radical (unpaired) electrons. The number of ether oxygens (including phenoxy) is 1. The first-order valence-corrected chi connectivity index (χ1v) is 6.95. The molecule has 18 heavy (non-hydrogen) atoms. The van der Waals surface area contributed by atoms with Gasteiger partial charge in [0.2, 0.25) is 0 Å². The van der Waals surface area contributed by atoms with E-state index in [9.17, 15) is 9.90 Å². The van der Waals surface area contributed by atoms with E-state index in [4.69, 9.17) is 4.74 Å². The summed E-state index contributed by atoms with van der Waals surface area (Å²) in [6.45, 7) is 7.26. The van der Waals surface area contributed by atoms with Gasteiger partial charge in [-0.15, -0.1) is 0 Å². The molecule has 100 valence electrons. The van der Waals surface area contributed by atoms with Gasteiger partial charge in [-0.2, -0.15) is 0 Å². The van der Waals surface area contributed by atoms with Crippen molar-refractivity contribution in [3.05, 3.63) is 11.1 Å². The lowest BCUT2D eigenvalue weighted by molar-refractivity contribution is -0.137. The molecule has 0 spiro atoms. The van der Waals surface area contributed by atoms with Crippen LogP contribution in [0.15, 0.2) is 11.1 Å². The molecule has 0 saturated heterocycles. The summed E-state index contributed by atoms with van der Waals surface area (Å²) in [5, 5.41) is 10.3. The minimum absolute atomic E-state index is 0.0441. The molecule has 3 aliphatic rings. The number of aliphatic hydroxyl groups is 1. The fraction of sp³-hybridized carbons (Fsp3) is 0.800. The van der Waals surface area contributed by atoms with Crippen LogP contribution in [0.3, 0.4) is 0 Å². The number of fused-ring (bicyclic) bond motifs is 2. The fourth-order valence-corrected chi connectivity index (χ4v) is 4.63. The van der Waals surface area contributed by atoms with Gasteiger partial charge in [-0.1, -0.05) is 27.2 Å². The Hall–Kier alpha value is -0.830. The zero-order chi connectivity index (χ0) is 13.1. The van der Waals surface area contributed by atoms with E-state index in [1.165, 1.54) is 12.8 Å². The summed E-state index contributed by atoms with van der Waals surface area (Å²) in [7, 11) is 0. The van der Waals surface area contributed by atoms with Gasteiger partial charge in [-0.05, 0) is 41.6 Å². The molecule has 3 rings (SSSR count). The topological polar surface area (TPSA) is 46.5 Å². The van der Waals surface area contributed by atoms with E-state index in [0.29, 0.717) is 24.5 Å². The standard InChI is InChI=1S/C15H22O3/c1-14(2)5-4-6-15(3)9-8-18-13(17)12(9)10(16)7-11(14)15/h10-11,16H,4-8H2,1-3H3/t10-,11+,15+/m0/s1. The Morgan fingerprint density at radius 3 is 2.72 bits per heavy atom. The number of carbonyl (C=O) groups is 1. The largest absolute Gasteiger partial charge is 0.458 e. The lowest BCUT2D eigenvalue weighted by Gasteiger charge is -2.54. The van der Waals surface area contributed by atoms with Crippen LogP contribution in [-0.2, 0) is 9.53 Å². The van der Waals surface area contributed by atoms with E-state index in [0.717, 1.165) is 12.0 Å². The van der Waals surface area contributed by atoms with Crippen molar-refractivity contribution in [2.45, 2.75) is 52.6 Å². The Balaban J connectivity index is 2.11. The maximum Gasteiger partial charge on any atom is 0.337 e. The van der Waals surface area contributed by atoms with Crippen LogP contribution in [0.1, 0.15) is 46.5 Å². The van der Waals surface area contributed by atoms with E-state index < -0.39 is 6.10 Å². The quantitative estimate of drug-likeness (QED) is 0.672. The van der Waals surface area contributed by atoms with Crippen LogP contribution in [0.2, 0.25) is 0 Å². The molecule has 0 aromatic heterocycles. The first kappa shape index (κ1) is 12.2. The van der Waals surface area contributed by atoms with Gasteiger partial charge in [0, 0.05) is 0 Å². The lowest BCUT2D eigenvalue weighted by Crippen LogP contribution is -2.48. The molecule has 1 heterocycles. The third-order valence-electron chi connectivity index (χ3n) is 5.60. The van der Waals surface area contributed by atoms with Crippen LogP contribution in [0.5, 0.6) is 0 Å². The van der Waals surface area contributed by atoms with Gasteiger partial charge in [0.25, 0.3) is 0 Å². The molecular weight excluding hydrogens is 228 g/mol. The number of carbonyl (C=O) groups excluding carboxylic acids is 1. The van der Waals surface area contributed by atoms with Gasteiger partial charge in [0.15, 0.2) is 0 Å². The highest BCUT2D eigenvalue weighted by molar-refractivity contribution is 5.93. The number of esters is 1. The smallest absolute Gasteiger partial charge is 0.337 e. The molecule has 3 nitrogen and oxygen atoms in total. The Bertz CT molecular complexity index is 435. The van der Waals surface area contributed by atoms with Gasteiger partial charge in [0.05, 0.1) is 11.7 Å². The zero-order valence-electron chi connectivity index (χ0n) is 11.5. The second-order valence-corrected chi connectivity index (χ2v) is 7.03. The summed E-state index contributed by atoms with van der Waals surface area (Å²) < 4.78 is 5.18. The highest BCUT2D eigenvalue weighted by Crippen LogP contribution is 2.60. The second-order valence-electron chi connectivity index (χ2n) is 7.03. The van der Waals surface area contributed by atoms with E-state index in [1.54, 1.807) is 0 Å². The molecule has 1 fully saturated rings. The van der Waals surface area contributed by atoms with Crippen LogP contribution < -0.4 is 0 Å². The molecule has 3 heteroatoms. The minimum Gasteiger partial charge on any atom is -0.458 e. The monoisotopic (exact) mass is 250 g/mol. The molecule has 0 amide bonds. The average molecular weight is 250 g/mol. The van der Waals surface area contributed by atoms with Gasteiger partial charge in [-0.3, -0.25) is 0 Å². The SMILES string of the molecule is CC1(C)CCC[C@]2(C)C3=C(C(=O)OC3)[C@@H](O)C[C@H]12. The number of cyclic esters (lactones) is 1. The van der Waals surface area contributed by atoms with E-state index in [1.807, 2.05) is 0 Å².